The Labute approximate surface area is 172 Å². The van der Waals surface area contributed by atoms with Gasteiger partial charge in [0.1, 0.15) is 0 Å². The second kappa shape index (κ2) is 14.1. The topological polar surface area (TPSA) is 117 Å². The van der Waals surface area contributed by atoms with Crippen LogP contribution in [0.2, 0.25) is 0 Å². The van der Waals surface area contributed by atoms with Gasteiger partial charge in [-0.25, -0.2) is 9.59 Å². The maximum Gasteiger partial charge on any atom is 0.411 e. The van der Waals surface area contributed by atoms with Crippen LogP contribution in [0, 0.1) is 0 Å². The summed E-state index contributed by atoms with van der Waals surface area (Å²) in [4.78, 5) is 21.5. The summed E-state index contributed by atoms with van der Waals surface area (Å²) in [6, 6.07) is 11.3. The molecule has 0 atom stereocenters. The van der Waals surface area contributed by atoms with E-state index in [0.717, 1.165) is 29.3 Å². The fraction of sp³-hybridized carbons (Fsp3) is 0.455. The van der Waals surface area contributed by atoms with E-state index in [4.69, 9.17) is 10.5 Å². The van der Waals surface area contributed by atoms with E-state index in [9.17, 15) is 9.59 Å². The third kappa shape index (κ3) is 9.69. The number of ether oxygens (including phenoxy) is 2. The Kier molecular flexibility index (Phi) is 11.7. The zero-order chi connectivity index (χ0) is 21.5. The predicted octanol–water partition coefficient (Wildman–Crippen LogP) is 5.43. The van der Waals surface area contributed by atoms with E-state index in [0.29, 0.717) is 18.9 Å². The van der Waals surface area contributed by atoms with E-state index in [1.54, 1.807) is 6.92 Å². The van der Waals surface area contributed by atoms with Gasteiger partial charge < -0.3 is 20.9 Å². The number of anilines is 2. The number of primary amides is 1. The fourth-order valence-electron chi connectivity index (χ4n) is 2.78. The van der Waals surface area contributed by atoms with Gasteiger partial charge in [0.15, 0.2) is 0 Å². The lowest BCUT2D eigenvalue weighted by Crippen LogP contribution is -2.14. The van der Waals surface area contributed by atoms with Crippen LogP contribution < -0.4 is 16.8 Å². The molecule has 7 heteroatoms. The first-order chi connectivity index (χ1) is 14.0. The van der Waals surface area contributed by atoms with Gasteiger partial charge in [0.2, 0.25) is 0 Å². The number of hydrogen-bond acceptors (Lipinski definition) is 5. The molecule has 2 aromatic rings. The third-order valence-corrected chi connectivity index (χ3v) is 4.21. The molecular formula is C22H33N3O4. The lowest BCUT2D eigenvalue weighted by atomic mass is 10.1. The number of nitrogens with one attached hydrogen (secondary N) is 1. The van der Waals surface area contributed by atoms with Gasteiger partial charge in [-0.2, -0.15) is 0 Å². The van der Waals surface area contributed by atoms with Gasteiger partial charge in [-0.1, -0.05) is 63.3 Å². The molecule has 5 N–H and O–H groups in total. The zero-order valence-electron chi connectivity index (χ0n) is 17.4. The van der Waals surface area contributed by atoms with Crippen molar-refractivity contribution < 1.29 is 19.1 Å². The van der Waals surface area contributed by atoms with Crippen molar-refractivity contribution in [3.05, 3.63) is 36.4 Å². The first kappa shape index (κ1) is 24.1. The van der Waals surface area contributed by atoms with E-state index in [1.807, 2.05) is 36.4 Å². The Hall–Kier alpha value is -2.96. The van der Waals surface area contributed by atoms with Crippen LogP contribution in [0.3, 0.4) is 0 Å². The molecule has 0 saturated carbocycles. The Balaban J connectivity index is 0.000000612. The zero-order valence-corrected chi connectivity index (χ0v) is 17.4. The number of amides is 2. The molecule has 0 fully saturated rings. The smallest absolute Gasteiger partial charge is 0.411 e. The molecule has 0 aliphatic carbocycles. The summed E-state index contributed by atoms with van der Waals surface area (Å²) in [7, 11) is 0. The van der Waals surface area contributed by atoms with Crippen LogP contribution in [-0.2, 0) is 9.47 Å². The predicted molar refractivity (Wildman–Crippen MR) is 118 cm³/mol. The average Bonchev–Trinajstić information content (AvgIpc) is 2.68. The summed E-state index contributed by atoms with van der Waals surface area (Å²) >= 11 is 0. The minimum atomic E-state index is -0.711. The molecule has 0 bridgehead atoms. The molecule has 0 saturated heterocycles. The highest BCUT2D eigenvalue weighted by Gasteiger charge is 2.07. The molecule has 0 aromatic heterocycles. The Morgan fingerprint density at radius 1 is 0.897 bits per heavy atom. The molecule has 0 aliphatic heterocycles. The molecule has 0 aliphatic rings. The van der Waals surface area contributed by atoms with Gasteiger partial charge >= 0.3 is 12.2 Å². The van der Waals surface area contributed by atoms with E-state index in [2.05, 4.69) is 22.7 Å². The summed E-state index contributed by atoms with van der Waals surface area (Å²) < 4.78 is 9.43. The molecule has 29 heavy (non-hydrogen) atoms. The minimum absolute atomic E-state index is 0.356. The summed E-state index contributed by atoms with van der Waals surface area (Å²) in [5.41, 5.74) is 11.9. The lowest BCUT2D eigenvalue weighted by Gasteiger charge is -2.10. The molecule has 2 rings (SSSR count). The molecule has 2 amide bonds. The van der Waals surface area contributed by atoms with Crippen LogP contribution >= 0.6 is 0 Å². The Bertz CT molecular complexity index is 765. The summed E-state index contributed by atoms with van der Waals surface area (Å²) in [6.07, 6.45) is 5.91. The summed E-state index contributed by atoms with van der Waals surface area (Å²) in [6.45, 7) is 4.72. The van der Waals surface area contributed by atoms with Crippen molar-refractivity contribution in [2.45, 2.75) is 52.4 Å². The third-order valence-electron chi connectivity index (χ3n) is 4.21. The second-order valence-corrected chi connectivity index (χ2v) is 6.53. The highest BCUT2D eigenvalue weighted by atomic mass is 16.5. The van der Waals surface area contributed by atoms with Crippen LogP contribution in [0.25, 0.3) is 10.8 Å². The molecule has 0 spiro atoms. The van der Waals surface area contributed by atoms with E-state index < -0.39 is 12.2 Å². The molecule has 0 heterocycles. The maximum absolute atomic E-state index is 11.9. The first-order valence-electron chi connectivity index (χ1n) is 10.1. The Morgan fingerprint density at radius 2 is 1.55 bits per heavy atom. The van der Waals surface area contributed by atoms with Crippen LogP contribution in [0.15, 0.2) is 36.4 Å². The SMILES string of the molecule is CCCCCCCCOC(=O)Nc1cccc2c(N)cccc12.CCOC(N)=O. The largest absolute Gasteiger partial charge is 0.450 e. The van der Waals surface area contributed by atoms with E-state index in [1.165, 1.54) is 25.7 Å². The Morgan fingerprint density at radius 3 is 2.21 bits per heavy atom. The quantitative estimate of drug-likeness (QED) is 0.381. The van der Waals surface area contributed by atoms with Gasteiger partial charge in [-0.15, -0.1) is 0 Å². The van der Waals surface area contributed by atoms with Crippen LogP contribution in [0.5, 0.6) is 0 Å². The highest BCUT2D eigenvalue weighted by Crippen LogP contribution is 2.27. The van der Waals surface area contributed by atoms with E-state index in [-0.39, 0.29) is 0 Å². The monoisotopic (exact) mass is 403 g/mol. The lowest BCUT2D eigenvalue weighted by molar-refractivity contribution is 0.159. The van der Waals surface area contributed by atoms with Gasteiger partial charge in [-0.3, -0.25) is 5.32 Å². The van der Waals surface area contributed by atoms with Gasteiger partial charge in [0.25, 0.3) is 0 Å². The number of unbranched alkanes of at least 4 members (excludes halogenated alkanes) is 5. The number of nitrogens with two attached hydrogens (primary N) is 2. The second-order valence-electron chi connectivity index (χ2n) is 6.53. The van der Waals surface area contributed by atoms with Gasteiger partial charge in [-0.05, 0) is 25.5 Å². The summed E-state index contributed by atoms with van der Waals surface area (Å²) in [5.74, 6) is 0. The number of benzene rings is 2. The maximum atomic E-state index is 11.9. The van der Waals surface area contributed by atoms with Crippen molar-refractivity contribution in [1.82, 2.24) is 0 Å². The van der Waals surface area contributed by atoms with Crippen LogP contribution in [-0.4, -0.2) is 25.4 Å². The molecule has 7 nitrogen and oxygen atoms in total. The van der Waals surface area contributed by atoms with Crippen molar-refractivity contribution >= 4 is 34.3 Å². The van der Waals surface area contributed by atoms with Crippen molar-refractivity contribution in [3.8, 4) is 0 Å². The molecule has 160 valence electrons. The first-order valence-corrected chi connectivity index (χ1v) is 10.1. The number of hydrogen-bond donors (Lipinski definition) is 3. The normalized spacial score (nSPS) is 10.0. The van der Waals surface area contributed by atoms with Gasteiger partial charge in [0, 0.05) is 16.5 Å². The van der Waals surface area contributed by atoms with Crippen LogP contribution in [0.4, 0.5) is 21.0 Å². The van der Waals surface area contributed by atoms with Crippen molar-refractivity contribution in [3.63, 3.8) is 0 Å². The number of rotatable bonds is 9. The standard InChI is InChI=1S/C19H26N2O2.C3H7NO2/c1-2-3-4-5-6-7-14-23-19(22)21-18-13-9-10-15-16(18)11-8-12-17(15)20;1-2-6-3(4)5/h8-13H,2-7,14,20H2,1H3,(H,21,22);2H2,1H3,(H2,4,5). The fourth-order valence-corrected chi connectivity index (χ4v) is 2.78. The number of fused-ring (bicyclic) bond motifs is 1. The minimum Gasteiger partial charge on any atom is -0.450 e. The summed E-state index contributed by atoms with van der Waals surface area (Å²) in [5, 5.41) is 4.66. The van der Waals surface area contributed by atoms with E-state index >= 15 is 0 Å². The van der Waals surface area contributed by atoms with Crippen molar-refractivity contribution in [2.75, 3.05) is 24.3 Å². The molecule has 2 aromatic carbocycles. The molecular weight excluding hydrogens is 370 g/mol. The van der Waals surface area contributed by atoms with Crippen molar-refractivity contribution in [2.24, 2.45) is 5.73 Å². The molecule has 0 radical (unpaired) electrons. The van der Waals surface area contributed by atoms with Crippen LogP contribution in [0.1, 0.15) is 52.4 Å². The molecule has 0 unspecified atom stereocenters. The number of nitrogen functional groups attached to an aromatic ring is 1. The number of carbonyl (C=O) groups excluding carboxylic acids is 2. The number of carbonyl (C=O) groups is 2. The van der Waals surface area contributed by atoms with Gasteiger partial charge in [0.05, 0.1) is 18.9 Å². The highest BCUT2D eigenvalue weighted by molar-refractivity contribution is 6.04. The average molecular weight is 404 g/mol. The van der Waals surface area contributed by atoms with Crippen molar-refractivity contribution in [1.29, 1.82) is 0 Å².